The third-order valence-electron chi connectivity index (χ3n) is 4.27. The molecule has 6 nitrogen and oxygen atoms in total. The second-order valence-electron chi connectivity index (χ2n) is 6.05. The van der Waals surface area contributed by atoms with Gasteiger partial charge in [-0.1, -0.05) is 29.4 Å². The Morgan fingerprint density at radius 2 is 2.09 bits per heavy atom. The van der Waals surface area contributed by atoms with Crippen LogP contribution in [0.25, 0.3) is 0 Å². The molecule has 6 heteroatoms. The maximum Gasteiger partial charge on any atom is 0.316 e. The Labute approximate surface area is 128 Å². The van der Waals surface area contributed by atoms with Crippen LogP contribution in [0.5, 0.6) is 0 Å². The van der Waals surface area contributed by atoms with Gasteiger partial charge in [0.1, 0.15) is 0 Å². The van der Waals surface area contributed by atoms with E-state index in [1.54, 1.807) is 0 Å². The van der Waals surface area contributed by atoms with Gasteiger partial charge in [0.2, 0.25) is 11.8 Å². The number of nitrogens with one attached hydrogen (secondary N) is 2. The van der Waals surface area contributed by atoms with E-state index >= 15 is 0 Å². The third-order valence-corrected chi connectivity index (χ3v) is 4.27. The maximum absolute atomic E-state index is 11.5. The van der Waals surface area contributed by atoms with Crippen molar-refractivity contribution in [3.8, 4) is 0 Å². The lowest BCUT2D eigenvalue weighted by atomic mass is 10.1. The number of nitrogens with zero attached hydrogens (tertiary/aromatic N) is 2. The quantitative estimate of drug-likeness (QED) is 0.904. The standard InChI is InChI=1S/C16H18N4O2/c1-9(21)17-13-8-11-4-2-3-5-12(11)14(13)18-16-20-19-15(22-16)10-6-7-10/h2-5,10,13-14H,6-8H2,1H3,(H,17,21)(H,18,20)/t13-,14-/m1/s1. The Bertz CT molecular complexity index is 708. The molecule has 2 N–H and O–H groups in total. The largest absolute Gasteiger partial charge is 0.408 e. The molecule has 1 heterocycles. The number of fused-ring (bicyclic) bond motifs is 1. The molecule has 1 fully saturated rings. The topological polar surface area (TPSA) is 80.0 Å². The van der Waals surface area contributed by atoms with Crippen molar-refractivity contribution < 1.29 is 9.21 Å². The van der Waals surface area contributed by atoms with Gasteiger partial charge < -0.3 is 15.1 Å². The van der Waals surface area contributed by atoms with Crippen LogP contribution >= 0.6 is 0 Å². The molecule has 22 heavy (non-hydrogen) atoms. The normalized spacial score (nSPS) is 23.1. The zero-order valence-corrected chi connectivity index (χ0v) is 12.4. The van der Waals surface area contributed by atoms with Crippen molar-refractivity contribution in [2.24, 2.45) is 0 Å². The summed E-state index contributed by atoms with van der Waals surface area (Å²) in [4.78, 5) is 11.5. The number of benzene rings is 1. The minimum absolute atomic E-state index is 0.00817. The van der Waals surface area contributed by atoms with Gasteiger partial charge in [-0.25, -0.2) is 0 Å². The van der Waals surface area contributed by atoms with Gasteiger partial charge in [-0.2, -0.15) is 0 Å². The van der Waals surface area contributed by atoms with E-state index in [-0.39, 0.29) is 18.0 Å². The zero-order valence-electron chi connectivity index (χ0n) is 12.4. The van der Waals surface area contributed by atoms with Gasteiger partial charge in [-0.05, 0) is 30.4 Å². The van der Waals surface area contributed by atoms with Crippen LogP contribution < -0.4 is 10.6 Å². The number of anilines is 1. The van der Waals surface area contributed by atoms with E-state index in [9.17, 15) is 4.79 Å². The fraction of sp³-hybridized carbons (Fsp3) is 0.438. The summed E-state index contributed by atoms with van der Waals surface area (Å²) in [5.74, 6) is 1.11. The second-order valence-corrected chi connectivity index (χ2v) is 6.05. The fourth-order valence-corrected chi connectivity index (χ4v) is 3.09. The summed E-state index contributed by atoms with van der Waals surface area (Å²) in [6, 6.07) is 8.57. The smallest absolute Gasteiger partial charge is 0.316 e. The van der Waals surface area contributed by atoms with Gasteiger partial charge >= 0.3 is 6.01 Å². The summed E-state index contributed by atoms with van der Waals surface area (Å²) in [6.07, 6.45) is 3.06. The van der Waals surface area contributed by atoms with Crippen molar-refractivity contribution in [3.63, 3.8) is 0 Å². The summed E-state index contributed by atoms with van der Waals surface area (Å²) in [6.45, 7) is 1.54. The van der Waals surface area contributed by atoms with Gasteiger partial charge in [0.15, 0.2) is 0 Å². The number of aromatic nitrogens is 2. The lowest BCUT2D eigenvalue weighted by molar-refractivity contribution is -0.119. The molecule has 2 aromatic rings. The van der Waals surface area contributed by atoms with Crippen molar-refractivity contribution in [3.05, 3.63) is 41.3 Å². The molecule has 0 unspecified atom stereocenters. The second kappa shape index (κ2) is 5.12. The molecule has 0 spiro atoms. The molecule has 0 saturated heterocycles. The molecule has 2 atom stereocenters. The molecule has 1 amide bonds. The Morgan fingerprint density at radius 1 is 1.27 bits per heavy atom. The first-order chi connectivity index (χ1) is 10.7. The summed E-state index contributed by atoms with van der Waals surface area (Å²) in [5, 5.41) is 14.5. The molecule has 0 bridgehead atoms. The van der Waals surface area contributed by atoms with Crippen molar-refractivity contribution in [2.45, 2.75) is 44.2 Å². The van der Waals surface area contributed by atoms with Gasteiger partial charge in [-0.3, -0.25) is 4.79 Å². The summed E-state index contributed by atoms with van der Waals surface area (Å²) in [7, 11) is 0. The molecule has 1 aromatic carbocycles. The minimum atomic E-state index is -0.0485. The van der Waals surface area contributed by atoms with Crippen molar-refractivity contribution >= 4 is 11.9 Å². The lowest BCUT2D eigenvalue weighted by Crippen LogP contribution is -2.39. The molecule has 4 rings (SSSR count). The highest BCUT2D eigenvalue weighted by Gasteiger charge is 2.35. The fourth-order valence-electron chi connectivity index (χ4n) is 3.09. The summed E-state index contributed by atoms with van der Waals surface area (Å²) in [5.41, 5.74) is 2.41. The van der Waals surface area contributed by atoms with Crippen molar-refractivity contribution in [1.82, 2.24) is 15.5 Å². The summed E-state index contributed by atoms with van der Waals surface area (Å²) < 4.78 is 5.69. The van der Waals surface area contributed by atoms with Crippen LogP contribution in [0, 0.1) is 0 Å². The molecule has 2 aliphatic carbocycles. The van der Waals surface area contributed by atoms with Crippen LogP contribution in [-0.2, 0) is 11.2 Å². The molecule has 2 aliphatic rings. The van der Waals surface area contributed by atoms with Gasteiger partial charge in [0.05, 0.1) is 12.1 Å². The van der Waals surface area contributed by atoms with Gasteiger partial charge in [0, 0.05) is 12.8 Å². The van der Waals surface area contributed by atoms with Crippen LogP contribution in [0.4, 0.5) is 6.01 Å². The number of amides is 1. The highest BCUT2D eigenvalue weighted by atomic mass is 16.4. The van der Waals surface area contributed by atoms with E-state index < -0.39 is 0 Å². The average Bonchev–Trinajstić information content (AvgIpc) is 3.15. The number of carbonyl (C=O) groups is 1. The highest BCUT2D eigenvalue weighted by molar-refractivity contribution is 5.73. The van der Waals surface area contributed by atoms with E-state index in [4.69, 9.17) is 4.42 Å². The maximum atomic E-state index is 11.5. The van der Waals surface area contributed by atoms with E-state index in [2.05, 4.69) is 33.0 Å². The minimum Gasteiger partial charge on any atom is -0.408 e. The van der Waals surface area contributed by atoms with E-state index in [1.165, 1.54) is 18.1 Å². The molecule has 1 aromatic heterocycles. The van der Waals surface area contributed by atoms with Crippen molar-refractivity contribution in [1.29, 1.82) is 0 Å². The Kier molecular flexibility index (Phi) is 3.10. The highest BCUT2D eigenvalue weighted by Crippen LogP contribution is 2.40. The number of hydrogen-bond donors (Lipinski definition) is 2. The van der Waals surface area contributed by atoms with Gasteiger partial charge in [-0.15, -0.1) is 5.10 Å². The van der Waals surface area contributed by atoms with Crippen LogP contribution in [-0.4, -0.2) is 22.1 Å². The average molecular weight is 298 g/mol. The predicted octanol–water partition coefficient (Wildman–Crippen LogP) is 2.16. The summed E-state index contributed by atoms with van der Waals surface area (Å²) >= 11 is 0. The molecule has 0 aliphatic heterocycles. The van der Waals surface area contributed by atoms with E-state index in [0.717, 1.165) is 19.3 Å². The first-order valence-electron chi connectivity index (χ1n) is 7.65. The molecule has 114 valence electrons. The van der Waals surface area contributed by atoms with Crippen LogP contribution in [0.15, 0.2) is 28.7 Å². The number of rotatable bonds is 4. The van der Waals surface area contributed by atoms with Crippen LogP contribution in [0.3, 0.4) is 0 Å². The monoisotopic (exact) mass is 298 g/mol. The Hall–Kier alpha value is -2.37. The molecule has 1 saturated carbocycles. The van der Waals surface area contributed by atoms with Crippen molar-refractivity contribution in [2.75, 3.05) is 5.32 Å². The van der Waals surface area contributed by atoms with Crippen LogP contribution in [0.2, 0.25) is 0 Å². The Morgan fingerprint density at radius 3 is 2.86 bits per heavy atom. The van der Waals surface area contributed by atoms with E-state index in [1.807, 2.05) is 12.1 Å². The molecule has 0 radical (unpaired) electrons. The van der Waals surface area contributed by atoms with Crippen LogP contribution in [0.1, 0.15) is 48.7 Å². The first-order valence-corrected chi connectivity index (χ1v) is 7.65. The first kappa shape index (κ1) is 13.3. The number of carbonyl (C=O) groups excluding carboxylic acids is 1. The zero-order chi connectivity index (χ0) is 15.1. The Balaban J connectivity index is 1.58. The lowest BCUT2D eigenvalue weighted by Gasteiger charge is -2.21. The SMILES string of the molecule is CC(=O)N[C@@H]1Cc2ccccc2[C@H]1Nc1nnc(C2CC2)o1. The third kappa shape index (κ3) is 2.45. The molecular formula is C16H18N4O2. The molecular weight excluding hydrogens is 280 g/mol. The van der Waals surface area contributed by atoms with E-state index in [0.29, 0.717) is 17.8 Å². The van der Waals surface area contributed by atoms with Gasteiger partial charge in [0.25, 0.3) is 0 Å². The number of hydrogen-bond acceptors (Lipinski definition) is 5. The predicted molar refractivity (Wildman–Crippen MR) is 80.4 cm³/mol.